The van der Waals surface area contributed by atoms with Crippen LogP contribution in [0.5, 0.6) is 11.5 Å². The Hall–Kier alpha value is -4.20. The Bertz CT molecular complexity index is 1230. The fraction of sp³-hybridized carbons (Fsp3) is 0.160. The maximum absolute atomic E-state index is 13.6. The van der Waals surface area contributed by atoms with Gasteiger partial charge >= 0.3 is 0 Å². The van der Waals surface area contributed by atoms with Gasteiger partial charge in [0.15, 0.2) is 0 Å². The monoisotopic (exact) mass is 448 g/mol. The standard InChI is InChI=1S/C25H21FN2O5/c1-32-18-9-10-19(20(12-18)33-2)23(29)21-22(16-5-7-17(26)8-6-16)28(25(31)24(21)30)14-15-4-3-11-27-13-15/h3-13,22,29H,14H2,1-2H3/b23-21+. The van der Waals surface area contributed by atoms with Gasteiger partial charge in [-0.2, -0.15) is 0 Å². The highest BCUT2D eigenvalue weighted by Crippen LogP contribution is 2.42. The van der Waals surface area contributed by atoms with Crippen LogP contribution in [0.2, 0.25) is 0 Å². The number of ketones is 1. The van der Waals surface area contributed by atoms with Crippen LogP contribution in [-0.2, 0) is 16.1 Å². The lowest BCUT2D eigenvalue weighted by atomic mass is 9.95. The van der Waals surface area contributed by atoms with Crippen molar-refractivity contribution in [3.05, 3.63) is 95.1 Å². The number of carbonyl (C=O) groups is 2. The van der Waals surface area contributed by atoms with Crippen molar-refractivity contribution < 1.29 is 28.6 Å². The number of aromatic nitrogens is 1. The number of hydrogen-bond acceptors (Lipinski definition) is 6. The molecule has 0 bridgehead atoms. The number of amides is 1. The van der Waals surface area contributed by atoms with E-state index in [-0.39, 0.29) is 23.4 Å². The lowest BCUT2D eigenvalue weighted by Crippen LogP contribution is -2.29. The van der Waals surface area contributed by atoms with Gasteiger partial charge in [0.05, 0.1) is 31.4 Å². The van der Waals surface area contributed by atoms with E-state index in [1.807, 2.05) is 0 Å². The van der Waals surface area contributed by atoms with Crippen LogP contribution in [-0.4, -0.2) is 40.9 Å². The van der Waals surface area contributed by atoms with E-state index < -0.39 is 29.3 Å². The number of carbonyl (C=O) groups excluding carboxylic acids is 2. The number of methoxy groups -OCH3 is 2. The molecule has 1 N–H and O–H groups in total. The van der Waals surface area contributed by atoms with Crippen LogP contribution < -0.4 is 9.47 Å². The fourth-order valence-corrected chi connectivity index (χ4v) is 3.86. The van der Waals surface area contributed by atoms with Gasteiger partial charge in [0.1, 0.15) is 23.1 Å². The third-order valence-electron chi connectivity index (χ3n) is 5.47. The van der Waals surface area contributed by atoms with Gasteiger partial charge in [-0.3, -0.25) is 14.6 Å². The molecule has 0 radical (unpaired) electrons. The van der Waals surface area contributed by atoms with E-state index in [1.54, 1.807) is 42.7 Å². The summed E-state index contributed by atoms with van der Waals surface area (Å²) in [6.07, 6.45) is 3.19. The third kappa shape index (κ3) is 4.15. The van der Waals surface area contributed by atoms with Gasteiger partial charge in [0.25, 0.3) is 11.7 Å². The number of benzene rings is 2. The van der Waals surface area contributed by atoms with Crippen LogP contribution in [0.15, 0.2) is 72.6 Å². The summed E-state index contributed by atoms with van der Waals surface area (Å²) in [5.74, 6) is -1.71. The Labute approximate surface area is 189 Å². The second kappa shape index (κ2) is 9.12. The summed E-state index contributed by atoms with van der Waals surface area (Å²) in [6.45, 7) is 0.0803. The first-order valence-corrected chi connectivity index (χ1v) is 10.1. The highest BCUT2D eigenvalue weighted by molar-refractivity contribution is 6.46. The van der Waals surface area contributed by atoms with E-state index in [0.717, 1.165) is 0 Å². The molecule has 1 aliphatic heterocycles. The van der Waals surface area contributed by atoms with Gasteiger partial charge < -0.3 is 19.5 Å². The Morgan fingerprint density at radius 2 is 1.85 bits per heavy atom. The van der Waals surface area contributed by atoms with Crippen LogP contribution in [0.4, 0.5) is 4.39 Å². The summed E-state index contributed by atoms with van der Waals surface area (Å²) in [5.41, 5.74) is 1.30. The fourth-order valence-electron chi connectivity index (χ4n) is 3.86. The summed E-state index contributed by atoms with van der Waals surface area (Å²) in [6, 6.07) is 12.7. The van der Waals surface area contributed by atoms with Gasteiger partial charge in [0.2, 0.25) is 0 Å². The van der Waals surface area contributed by atoms with Gasteiger partial charge in [0, 0.05) is 25.0 Å². The summed E-state index contributed by atoms with van der Waals surface area (Å²) < 4.78 is 24.2. The molecule has 1 fully saturated rings. The van der Waals surface area contributed by atoms with Crippen molar-refractivity contribution in [2.75, 3.05) is 14.2 Å². The average molecular weight is 448 g/mol. The van der Waals surface area contributed by atoms with Crippen LogP contribution in [0.1, 0.15) is 22.7 Å². The summed E-state index contributed by atoms with van der Waals surface area (Å²) in [4.78, 5) is 31.6. The van der Waals surface area contributed by atoms with E-state index in [4.69, 9.17) is 9.47 Å². The lowest BCUT2D eigenvalue weighted by Gasteiger charge is -2.25. The molecule has 1 unspecified atom stereocenters. The molecule has 1 amide bonds. The molecule has 0 spiro atoms. The summed E-state index contributed by atoms with van der Waals surface area (Å²) in [7, 11) is 2.91. The van der Waals surface area contributed by atoms with E-state index in [9.17, 15) is 19.1 Å². The number of ether oxygens (including phenoxy) is 2. The molecule has 33 heavy (non-hydrogen) atoms. The predicted octanol–water partition coefficient (Wildman–Crippen LogP) is 3.86. The Balaban J connectivity index is 1.89. The van der Waals surface area contributed by atoms with Crippen molar-refractivity contribution >= 4 is 17.4 Å². The van der Waals surface area contributed by atoms with Crippen LogP contribution in [0, 0.1) is 5.82 Å². The lowest BCUT2D eigenvalue weighted by molar-refractivity contribution is -0.140. The number of likely N-dealkylation sites (tertiary alicyclic amines) is 1. The average Bonchev–Trinajstić information content (AvgIpc) is 3.09. The van der Waals surface area contributed by atoms with Crippen molar-refractivity contribution in [1.82, 2.24) is 9.88 Å². The number of hydrogen-bond donors (Lipinski definition) is 1. The maximum Gasteiger partial charge on any atom is 0.295 e. The first-order valence-electron chi connectivity index (χ1n) is 10.1. The summed E-state index contributed by atoms with van der Waals surface area (Å²) in [5, 5.41) is 11.2. The molecule has 168 valence electrons. The molecule has 1 saturated heterocycles. The van der Waals surface area contributed by atoms with Crippen molar-refractivity contribution in [3.8, 4) is 11.5 Å². The third-order valence-corrected chi connectivity index (χ3v) is 5.47. The highest BCUT2D eigenvalue weighted by Gasteiger charge is 2.46. The minimum absolute atomic E-state index is 0.0803. The van der Waals surface area contributed by atoms with Gasteiger partial charge in [-0.25, -0.2) is 4.39 Å². The van der Waals surface area contributed by atoms with E-state index >= 15 is 0 Å². The molecule has 1 atom stereocenters. The normalized spacial score (nSPS) is 17.3. The number of pyridine rings is 1. The Morgan fingerprint density at radius 3 is 2.48 bits per heavy atom. The molecule has 4 rings (SSSR count). The molecular formula is C25H21FN2O5. The number of halogens is 1. The molecule has 7 nitrogen and oxygen atoms in total. The Morgan fingerprint density at radius 1 is 1.09 bits per heavy atom. The molecule has 0 aliphatic carbocycles. The van der Waals surface area contributed by atoms with Crippen molar-refractivity contribution in [3.63, 3.8) is 0 Å². The zero-order valence-electron chi connectivity index (χ0n) is 18.0. The second-order valence-corrected chi connectivity index (χ2v) is 7.41. The molecule has 2 heterocycles. The SMILES string of the molecule is COc1ccc(/C(O)=C2\C(=O)C(=O)N(Cc3cccnc3)C2c2ccc(F)cc2)c(OC)c1. The minimum atomic E-state index is -0.933. The first-order chi connectivity index (χ1) is 15.9. The van der Waals surface area contributed by atoms with Crippen LogP contribution in [0.25, 0.3) is 5.76 Å². The molecular weight excluding hydrogens is 427 g/mol. The predicted molar refractivity (Wildman–Crippen MR) is 118 cm³/mol. The minimum Gasteiger partial charge on any atom is -0.507 e. The number of nitrogens with zero attached hydrogens (tertiary/aromatic N) is 2. The van der Waals surface area contributed by atoms with E-state index in [0.29, 0.717) is 16.9 Å². The van der Waals surface area contributed by atoms with Gasteiger partial charge in [-0.15, -0.1) is 0 Å². The van der Waals surface area contributed by atoms with Gasteiger partial charge in [-0.05, 0) is 41.5 Å². The topological polar surface area (TPSA) is 89.0 Å². The molecule has 3 aromatic rings. The van der Waals surface area contributed by atoms with Gasteiger partial charge in [-0.1, -0.05) is 18.2 Å². The molecule has 2 aromatic carbocycles. The quantitative estimate of drug-likeness (QED) is 0.350. The zero-order valence-corrected chi connectivity index (χ0v) is 18.0. The zero-order chi connectivity index (χ0) is 23.5. The molecule has 1 aromatic heterocycles. The highest BCUT2D eigenvalue weighted by atomic mass is 19.1. The largest absolute Gasteiger partial charge is 0.507 e. The second-order valence-electron chi connectivity index (χ2n) is 7.41. The van der Waals surface area contributed by atoms with E-state index in [2.05, 4.69) is 4.98 Å². The van der Waals surface area contributed by atoms with Crippen molar-refractivity contribution in [2.45, 2.75) is 12.6 Å². The number of Topliss-reactive ketones (excluding diaryl/α,β-unsaturated/α-hetero) is 1. The van der Waals surface area contributed by atoms with Crippen molar-refractivity contribution in [2.24, 2.45) is 0 Å². The summed E-state index contributed by atoms with van der Waals surface area (Å²) >= 11 is 0. The van der Waals surface area contributed by atoms with Crippen molar-refractivity contribution in [1.29, 1.82) is 0 Å². The van der Waals surface area contributed by atoms with Crippen LogP contribution >= 0.6 is 0 Å². The molecule has 8 heteroatoms. The molecule has 0 saturated carbocycles. The number of aliphatic hydroxyl groups is 1. The first kappa shape index (κ1) is 22.0. The smallest absolute Gasteiger partial charge is 0.295 e. The maximum atomic E-state index is 13.6. The van der Waals surface area contributed by atoms with E-state index in [1.165, 1.54) is 43.4 Å². The molecule has 1 aliphatic rings. The number of aliphatic hydroxyl groups excluding tert-OH is 1. The van der Waals surface area contributed by atoms with Crippen LogP contribution in [0.3, 0.4) is 0 Å². The number of rotatable bonds is 6. The Kier molecular flexibility index (Phi) is 6.08.